The molecule has 0 aliphatic carbocycles. The van der Waals surface area contributed by atoms with E-state index in [-0.39, 0.29) is 6.61 Å². The van der Waals surface area contributed by atoms with E-state index in [9.17, 15) is 5.11 Å². The molecule has 2 heterocycles. The number of nitrogens with zero attached hydrogens (tertiary/aromatic N) is 2. The van der Waals surface area contributed by atoms with Crippen molar-refractivity contribution in [3.05, 3.63) is 72.4 Å². The first kappa shape index (κ1) is 13.7. The summed E-state index contributed by atoms with van der Waals surface area (Å²) >= 11 is 0. The Bertz CT molecular complexity index is 944. The number of hydrogen-bond acceptors (Lipinski definition) is 3. The number of aromatic nitrogens is 3. The van der Waals surface area contributed by atoms with Crippen molar-refractivity contribution in [3.63, 3.8) is 0 Å². The maximum absolute atomic E-state index is 9.69. The van der Waals surface area contributed by atoms with Crippen LogP contribution in [0.2, 0.25) is 0 Å². The number of pyridine rings is 1. The molecule has 23 heavy (non-hydrogen) atoms. The van der Waals surface area contributed by atoms with E-state index in [0.29, 0.717) is 0 Å². The van der Waals surface area contributed by atoms with Gasteiger partial charge in [0.25, 0.3) is 0 Å². The number of aliphatic hydroxyl groups excluding tert-OH is 1. The smallest absolute Gasteiger partial charge is 0.0764 e. The summed E-state index contributed by atoms with van der Waals surface area (Å²) in [7, 11) is 0. The van der Waals surface area contributed by atoms with Gasteiger partial charge in [-0.3, -0.25) is 5.10 Å². The van der Waals surface area contributed by atoms with E-state index in [1.807, 2.05) is 60.7 Å². The second kappa shape index (κ2) is 5.66. The summed E-state index contributed by atoms with van der Waals surface area (Å²) in [5.74, 6) is 0. The maximum atomic E-state index is 9.69. The molecule has 0 bridgehead atoms. The number of rotatable bonds is 3. The Kier molecular flexibility index (Phi) is 3.37. The summed E-state index contributed by atoms with van der Waals surface area (Å²) < 4.78 is 0. The first-order valence-electron chi connectivity index (χ1n) is 7.45. The maximum Gasteiger partial charge on any atom is 0.0764 e. The zero-order valence-corrected chi connectivity index (χ0v) is 12.4. The summed E-state index contributed by atoms with van der Waals surface area (Å²) in [5.41, 5.74) is 5.61. The number of aromatic amines is 1. The van der Waals surface area contributed by atoms with E-state index in [2.05, 4.69) is 10.2 Å². The number of fused-ring (bicyclic) bond motifs is 1. The third-order valence-corrected chi connectivity index (χ3v) is 3.94. The molecular formula is C19H15N3O. The van der Waals surface area contributed by atoms with Crippen molar-refractivity contribution in [3.8, 4) is 22.5 Å². The Labute approximate surface area is 133 Å². The molecule has 2 aromatic carbocycles. The Balaban J connectivity index is 1.81. The van der Waals surface area contributed by atoms with Gasteiger partial charge in [-0.15, -0.1) is 0 Å². The van der Waals surface area contributed by atoms with E-state index in [0.717, 1.165) is 39.0 Å². The highest BCUT2D eigenvalue weighted by Crippen LogP contribution is 2.27. The first-order chi connectivity index (χ1) is 11.3. The average molecular weight is 301 g/mol. The van der Waals surface area contributed by atoms with Crippen molar-refractivity contribution < 1.29 is 5.11 Å². The van der Waals surface area contributed by atoms with Gasteiger partial charge in [-0.05, 0) is 23.8 Å². The molecule has 0 saturated carbocycles. The molecule has 0 fully saturated rings. The zero-order chi connectivity index (χ0) is 15.6. The molecule has 4 aromatic rings. The highest BCUT2D eigenvalue weighted by atomic mass is 16.3. The van der Waals surface area contributed by atoms with Crippen molar-refractivity contribution >= 4 is 10.9 Å². The van der Waals surface area contributed by atoms with Crippen LogP contribution in [0, 0.1) is 0 Å². The second-order valence-corrected chi connectivity index (χ2v) is 5.39. The minimum atomic E-state index is -0.0323. The molecule has 0 aliphatic heterocycles. The molecule has 4 heteroatoms. The molecule has 0 unspecified atom stereocenters. The normalized spacial score (nSPS) is 11.0. The van der Waals surface area contributed by atoms with E-state index in [1.165, 1.54) is 0 Å². The highest BCUT2D eigenvalue weighted by Gasteiger charge is 2.09. The molecule has 4 rings (SSSR count). The van der Waals surface area contributed by atoms with Crippen LogP contribution < -0.4 is 0 Å². The molecule has 0 aliphatic rings. The summed E-state index contributed by atoms with van der Waals surface area (Å²) in [6, 6.07) is 20.0. The average Bonchev–Trinajstić information content (AvgIpc) is 3.15. The fourth-order valence-electron chi connectivity index (χ4n) is 2.75. The van der Waals surface area contributed by atoms with Crippen LogP contribution in [-0.2, 0) is 6.61 Å². The monoisotopic (exact) mass is 301 g/mol. The van der Waals surface area contributed by atoms with Crippen molar-refractivity contribution in [1.29, 1.82) is 0 Å². The topological polar surface area (TPSA) is 61.8 Å². The quantitative estimate of drug-likeness (QED) is 0.605. The molecule has 0 saturated heterocycles. The molecule has 2 N–H and O–H groups in total. The fraction of sp³-hybridized carbons (Fsp3) is 0.0526. The van der Waals surface area contributed by atoms with Gasteiger partial charge in [-0.25, -0.2) is 4.98 Å². The van der Waals surface area contributed by atoms with E-state index >= 15 is 0 Å². The van der Waals surface area contributed by atoms with Crippen LogP contribution in [0.4, 0.5) is 0 Å². The van der Waals surface area contributed by atoms with Gasteiger partial charge in [0.1, 0.15) is 0 Å². The van der Waals surface area contributed by atoms with Crippen LogP contribution in [0.15, 0.2) is 66.9 Å². The minimum Gasteiger partial charge on any atom is -0.392 e. The molecule has 0 radical (unpaired) electrons. The molecule has 0 spiro atoms. The molecule has 2 aromatic heterocycles. The third kappa shape index (κ3) is 2.49. The molecular weight excluding hydrogens is 286 g/mol. The Morgan fingerprint density at radius 2 is 1.70 bits per heavy atom. The van der Waals surface area contributed by atoms with Gasteiger partial charge < -0.3 is 5.11 Å². The predicted molar refractivity (Wildman–Crippen MR) is 90.7 cm³/mol. The van der Waals surface area contributed by atoms with Crippen LogP contribution in [0.1, 0.15) is 5.56 Å². The number of hydrogen-bond donors (Lipinski definition) is 2. The summed E-state index contributed by atoms with van der Waals surface area (Å²) in [5, 5.41) is 17.7. The first-order valence-corrected chi connectivity index (χ1v) is 7.45. The standard InChI is InChI=1S/C19H15N3O/c23-12-16-11-15-3-1-2-4-17(15)21-19(16)14-7-5-13(6-8-14)18-9-10-20-22-18/h1-11,23H,12H2,(H,20,22). The van der Waals surface area contributed by atoms with Gasteiger partial charge in [0, 0.05) is 22.7 Å². The Morgan fingerprint density at radius 1 is 0.913 bits per heavy atom. The van der Waals surface area contributed by atoms with Gasteiger partial charge in [-0.1, -0.05) is 42.5 Å². The van der Waals surface area contributed by atoms with Gasteiger partial charge in [0.05, 0.1) is 23.5 Å². The summed E-state index contributed by atoms with van der Waals surface area (Å²) in [6.07, 6.45) is 1.73. The van der Waals surface area contributed by atoms with Crippen LogP contribution >= 0.6 is 0 Å². The largest absolute Gasteiger partial charge is 0.392 e. The SMILES string of the molecule is OCc1cc2ccccc2nc1-c1ccc(-c2ccn[nH]2)cc1. The Hall–Kier alpha value is -2.98. The number of nitrogens with one attached hydrogen (secondary N) is 1. The van der Waals surface area contributed by atoms with E-state index < -0.39 is 0 Å². The van der Waals surface area contributed by atoms with Crippen molar-refractivity contribution in [2.24, 2.45) is 0 Å². The summed E-state index contributed by atoms with van der Waals surface area (Å²) in [4.78, 5) is 4.73. The minimum absolute atomic E-state index is 0.0323. The molecule has 4 nitrogen and oxygen atoms in total. The predicted octanol–water partition coefficient (Wildman–Crippen LogP) is 3.78. The summed E-state index contributed by atoms with van der Waals surface area (Å²) in [6.45, 7) is -0.0323. The van der Waals surface area contributed by atoms with Crippen LogP contribution in [-0.4, -0.2) is 20.3 Å². The number of benzene rings is 2. The molecule has 0 amide bonds. The lowest BCUT2D eigenvalue weighted by atomic mass is 10.0. The second-order valence-electron chi connectivity index (χ2n) is 5.39. The van der Waals surface area contributed by atoms with Gasteiger partial charge in [-0.2, -0.15) is 5.10 Å². The lowest BCUT2D eigenvalue weighted by Gasteiger charge is -2.09. The fourth-order valence-corrected chi connectivity index (χ4v) is 2.75. The van der Waals surface area contributed by atoms with Crippen molar-refractivity contribution in [2.75, 3.05) is 0 Å². The van der Waals surface area contributed by atoms with Gasteiger partial charge in [0.2, 0.25) is 0 Å². The zero-order valence-electron chi connectivity index (χ0n) is 12.4. The third-order valence-electron chi connectivity index (χ3n) is 3.94. The number of H-pyrrole nitrogens is 1. The van der Waals surface area contributed by atoms with E-state index in [1.54, 1.807) is 6.20 Å². The van der Waals surface area contributed by atoms with Crippen LogP contribution in [0.25, 0.3) is 33.4 Å². The van der Waals surface area contributed by atoms with E-state index in [4.69, 9.17) is 4.98 Å². The van der Waals surface area contributed by atoms with Crippen molar-refractivity contribution in [1.82, 2.24) is 15.2 Å². The van der Waals surface area contributed by atoms with Gasteiger partial charge in [0.15, 0.2) is 0 Å². The lowest BCUT2D eigenvalue weighted by Crippen LogP contribution is -1.94. The van der Waals surface area contributed by atoms with Gasteiger partial charge >= 0.3 is 0 Å². The Morgan fingerprint density at radius 3 is 2.43 bits per heavy atom. The highest BCUT2D eigenvalue weighted by molar-refractivity contribution is 5.83. The lowest BCUT2D eigenvalue weighted by molar-refractivity contribution is 0.282. The molecule has 112 valence electrons. The number of para-hydroxylation sites is 1. The molecule has 0 atom stereocenters. The van der Waals surface area contributed by atoms with Crippen LogP contribution in [0.5, 0.6) is 0 Å². The van der Waals surface area contributed by atoms with Crippen molar-refractivity contribution in [2.45, 2.75) is 6.61 Å². The number of aliphatic hydroxyl groups is 1. The van der Waals surface area contributed by atoms with Crippen LogP contribution in [0.3, 0.4) is 0 Å².